The van der Waals surface area contributed by atoms with E-state index in [1.807, 2.05) is 26.0 Å². The molecule has 2 rings (SSSR count). The standard InChI is InChI=1S/C16H23NO3/c1-4-17-16(15(18)20-5-2)9-8-12-6-7-14(19-3)10-13(12)11-16/h6-7,10,17H,4-5,8-9,11H2,1-3H3. The van der Waals surface area contributed by atoms with Crippen LogP contribution in [0.15, 0.2) is 18.2 Å². The average molecular weight is 277 g/mol. The van der Waals surface area contributed by atoms with Crippen LogP contribution < -0.4 is 10.1 Å². The van der Waals surface area contributed by atoms with E-state index in [4.69, 9.17) is 9.47 Å². The van der Waals surface area contributed by atoms with Crippen molar-refractivity contribution in [2.24, 2.45) is 0 Å². The number of aryl methyl sites for hydroxylation is 1. The van der Waals surface area contributed by atoms with Gasteiger partial charge in [-0.1, -0.05) is 13.0 Å². The molecule has 1 aromatic rings. The average Bonchev–Trinajstić information content (AvgIpc) is 2.47. The fraction of sp³-hybridized carbons (Fsp3) is 0.562. The van der Waals surface area contributed by atoms with Gasteiger partial charge in [-0.3, -0.25) is 4.79 Å². The molecule has 20 heavy (non-hydrogen) atoms. The SMILES string of the molecule is CCNC1(C(=O)OCC)CCc2ccc(OC)cc2C1. The molecular formula is C16H23NO3. The highest BCUT2D eigenvalue weighted by Gasteiger charge is 2.42. The Hall–Kier alpha value is -1.55. The summed E-state index contributed by atoms with van der Waals surface area (Å²) in [5, 5.41) is 3.35. The zero-order valence-electron chi connectivity index (χ0n) is 12.5. The minimum absolute atomic E-state index is 0.143. The predicted molar refractivity (Wildman–Crippen MR) is 78.1 cm³/mol. The van der Waals surface area contributed by atoms with Crippen LogP contribution in [0, 0.1) is 0 Å². The molecular weight excluding hydrogens is 254 g/mol. The van der Waals surface area contributed by atoms with Gasteiger partial charge in [0.05, 0.1) is 13.7 Å². The number of hydrogen-bond donors (Lipinski definition) is 1. The van der Waals surface area contributed by atoms with E-state index < -0.39 is 5.54 Å². The second kappa shape index (κ2) is 6.27. The highest BCUT2D eigenvalue weighted by molar-refractivity contribution is 5.82. The van der Waals surface area contributed by atoms with Crippen LogP contribution in [0.3, 0.4) is 0 Å². The van der Waals surface area contributed by atoms with Gasteiger partial charge in [-0.2, -0.15) is 0 Å². The van der Waals surface area contributed by atoms with Gasteiger partial charge < -0.3 is 14.8 Å². The van der Waals surface area contributed by atoms with Crippen LogP contribution in [-0.4, -0.2) is 31.8 Å². The lowest BCUT2D eigenvalue weighted by Crippen LogP contribution is -2.56. The van der Waals surface area contributed by atoms with Crippen LogP contribution in [0.1, 0.15) is 31.4 Å². The van der Waals surface area contributed by atoms with Crippen LogP contribution in [0.5, 0.6) is 5.75 Å². The summed E-state index contributed by atoms with van der Waals surface area (Å²) >= 11 is 0. The Labute approximate surface area is 120 Å². The fourth-order valence-corrected chi connectivity index (χ4v) is 2.90. The fourth-order valence-electron chi connectivity index (χ4n) is 2.90. The molecule has 0 saturated carbocycles. The smallest absolute Gasteiger partial charge is 0.326 e. The van der Waals surface area contributed by atoms with Crippen molar-refractivity contribution >= 4 is 5.97 Å². The number of esters is 1. The Balaban J connectivity index is 2.30. The molecule has 0 amide bonds. The molecule has 1 aliphatic rings. The van der Waals surface area contributed by atoms with Gasteiger partial charge in [0.15, 0.2) is 0 Å². The van der Waals surface area contributed by atoms with Gasteiger partial charge in [-0.05, 0) is 49.6 Å². The molecule has 0 radical (unpaired) electrons. The number of carbonyl (C=O) groups is 1. The number of ether oxygens (including phenoxy) is 2. The first-order valence-corrected chi connectivity index (χ1v) is 7.23. The maximum absolute atomic E-state index is 12.4. The summed E-state index contributed by atoms with van der Waals surface area (Å²) in [6.45, 7) is 5.02. The zero-order chi connectivity index (χ0) is 14.6. The van der Waals surface area contributed by atoms with Gasteiger partial charge in [-0.15, -0.1) is 0 Å². The van der Waals surface area contributed by atoms with Crippen molar-refractivity contribution in [3.05, 3.63) is 29.3 Å². The summed E-state index contributed by atoms with van der Waals surface area (Å²) in [6, 6.07) is 6.10. The van der Waals surface area contributed by atoms with Gasteiger partial charge >= 0.3 is 5.97 Å². The molecule has 0 aromatic heterocycles. The summed E-state index contributed by atoms with van der Waals surface area (Å²) < 4.78 is 10.6. The maximum atomic E-state index is 12.4. The number of likely N-dealkylation sites (N-methyl/N-ethyl adjacent to an activating group) is 1. The third-order valence-electron chi connectivity index (χ3n) is 3.91. The minimum atomic E-state index is -0.593. The molecule has 4 nitrogen and oxygen atoms in total. The molecule has 0 heterocycles. The monoisotopic (exact) mass is 277 g/mol. The topological polar surface area (TPSA) is 47.6 Å². The lowest BCUT2D eigenvalue weighted by molar-refractivity contribution is -0.151. The molecule has 0 aliphatic heterocycles. The van der Waals surface area contributed by atoms with Crippen molar-refractivity contribution in [2.45, 2.75) is 38.6 Å². The van der Waals surface area contributed by atoms with E-state index in [2.05, 4.69) is 11.4 Å². The van der Waals surface area contributed by atoms with Crippen molar-refractivity contribution in [3.8, 4) is 5.75 Å². The molecule has 0 bridgehead atoms. The van der Waals surface area contributed by atoms with Gasteiger partial charge in [0.2, 0.25) is 0 Å². The summed E-state index contributed by atoms with van der Waals surface area (Å²) in [5.41, 5.74) is 1.87. The number of nitrogens with one attached hydrogen (secondary N) is 1. The number of methoxy groups -OCH3 is 1. The molecule has 0 fully saturated rings. The Morgan fingerprint density at radius 2 is 2.15 bits per heavy atom. The molecule has 1 aromatic carbocycles. The molecule has 0 spiro atoms. The molecule has 1 atom stereocenters. The van der Waals surface area contributed by atoms with E-state index >= 15 is 0 Å². The Kier molecular flexibility index (Phi) is 4.65. The summed E-state index contributed by atoms with van der Waals surface area (Å²) in [7, 11) is 1.66. The van der Waals surface area contributed by atoms with Gasteiger partial charge in [-0.25, -0.2) is 0 Å². The summed E-state index contributed by atoms with van der Waals surface area (Å²) in [6.07, 6.45) is 2.32. The quantitative estimate of drug-likeness (QED) is 0.837. The van der Waals surface area contributed by atoms with Crippen molar-refractivity contribution in [3.63, 3.8) is 0 Å². The molecule has 0 saturated heterocycles. The number of benzene rings is 1. The summed E-state index contributed by atoms with van der Waals surface area (Å²) in [4.78, 5) is 12.4. The van der Waals surface area contributed by atoms with E-state index in [1.54, 1.807) is 7.11 Å². The van der Waals surface area contributed by atoms with Gasteiger partial charge in [0, 0.05) is 6.42 Å². The first-order valence-electron chi connectivity index (χ1n) is 7.23. The third-order valence-corrected chi connectivity index (χ3v) is 3.91. The number of fused-ring (bicyclic) bond motifs is 1. The molecule has 110 valence electrons. The van der Waals surface area contributed by atoms with Crippen LogP contribution in [0.25, 0.3) is 0 Å². The van der Waals surface area contributed by atoms with Crippen molar-refractivity contribution in [1.82, 2.24) is 5.32 Å². The molecule has 1 aliphatic carbocycles. The van der Waals surface area contributed by atoms with Crippen LogP contribution in [0.4, 0.5) is 0 Å². The second-order valence-electron chi connectivity index (χ2n) is 5.14. The second-order valence-corrected chi connectivity index (χ2v) is 5.14. The molecule has 1 unspecified atom stereocenters. The number of hydrogen-bond acceptors (Lipinski definition) is 4. The minimum Gasteiger partial charge on any atom is -0.497 e. The highest BCUT2D eigenvalue weighted by atomic mass is 16.5. The number of rotatable bonds is 5. The van der Waals surface area contributed by atoms with Gasteiger partial charge in [0.25, 0.3) is 0 Å². The van der Waals surface area contributed by atoms with Crippen LogP contribution in [-0.2, 0) is 22.4 Å². The lowest BCUT2D eigenvalue weighted by atomic mass is 9.77. The van der Waals surface area contributed by atoms with Crippen molar-refractivity contribution < 1.29 is 14.3 Å². The van der Waals surface area contributed by atoms with E-state index in [9.17, 15) is 4.79 Å². The van der Waals surface area contributed by atoms with E-state index in [0.29, 0.717) is 13.0 Å². The van der Waals surface area contributed by atoms with Crippen LogP contribution >= 0.6 is 0 Å². The third kappa shape index (κ3) is 2.80. The predicted octanol–water partition coefficient (Wildman–Crippen LogP) is 2.10. The molecule has 4 heteroatoms. The Bertz CT molecular complexity index is 487. The number of carbonyl (C=O) groups excluding carboxylic acids is 1. The largest absolute Gasteiger partial charge is 0.497 e. The Morgan fingerprint density at radius 1 is 1.35 bits per heavy atom. The summed E-state index contributed by atoms with van der Waals surface area (Å²) in [5.74, 6) is 0.690. The van der Waals surface area contributed by atoms with Gasteiger partial charge in [0.1, 0.15) is 11.3 Å². The molecule has 1 N–H and O–H groups in total. The van der Waals surface area contributed by atoms with E-state index in [-0.39, 0.29) is 5.97 Å². The van der Waals surface area contributed by atoms with E-state index in [1.165, 1.54) is 11.1 Å². The normalized spacial score (nSPS) is 21.1. The van der Waals surface area contributed by atoms with Crippen molar-refractivity contribution in [1.29, 1.82) is 0 Å². The zero-order valence-corrected chi connectivity index (χ0v) is 12.5. The Morgan fingerprint density at radius 3 is 2.80 bits per heavy atom. The highest BCUT2D eigenvalue weighted by Crippen LogP contribution is 2.32. The first kappa shape index (κ1) is 14.9. The van der Waals surface area contributed by atoms with Crippen LogP contribution in [0.2, 0.25) is 0 Å². The lowest BCUT2D eigenvalue weighted by Gasteiger charge is -2.36. The van der Waals surface area contributed by atoms with E-state index in [0.717, 1.165) is 25.1 Å². The first-order chi connectivity index (χ1) is 9.65. The maximum Gasteiger partial charge on any atom is 0.326 e. The van der Waals surface area contributed by atoms with Crippen molar-refractivity contribution in [2.75, 3.05) is 20.3 Å².